The fourth-order valence-corrected chi connectivity index (χ4v) is 4.40. The van der Waals surface area contributed by atoms with Crippen LogP contribution >= 0.6 is 0 Å². The van der Waals surface area contributed by atoms with Gasteiger partial charge in [-0.05, 0) is 49.7 Å². The second-order valence-electron chi connectivity index (χ2n) is 6.81. The van der Waals surface area contributed by atoms with Gasteiger partial charge in [0.1, 0.15) is 5.60 Å². The zero-order valence-electron chi connectivity index (χ0n) is 12.5. The topological polar surface area (TPSA) is 29.5 Å². The van der Waals surface area contributed by atoms with Gasteiger partial charge in [0.15, 0.2) is 0 Å². The number of benzene rings is 1. The lowest BCUT2D eigenvalue weighted by molar-refractivity contribution is -0.0762. The minimum absolute atomic E-state index is 0.0788. The number of ether oxygens (including phenoxy) is 1. The van der Waals surface area contributed by atoms with E-state index in [1.165, 1.54) is 30.4 Å². The van der Waals surface area contributed by atoms with E-state index in [0.717, 1.165) is 38.6 Å². The highest BCUT2D eigenvalue weighted by atomic mass is 16.6. The fraction of sp³-hybridized carbons (Fsp3) is 0.611. The summed E-state index contributed by atoms with van der Waals surface area (Å²) in [5, 5.41) is 0. The van der Waals surface area contributed by atoms with Crippen molar-refractivity contribution in [2.24, 2.45) is 0 Å². The molecule has 1 saturated carbocycles. The summed E-state index contributed by atoms with van der Waals surface area (Å²) < 4.78 is 5.94. The Labute approximate surface area is 126 Å². The van der Waals surface area contributed by atoms with Crippen molar-refractivity contribution in [1.82, 2.24) is 4.90 Å². The predicted octanol–water partition coefficient (Wildman–Crippen LogP) is 4.22. The highest BCUT2D eigenvalue weighted by Gasteiger charge is 2.44. The van der Waals surface area contributed by atoms with E-state index in [1.54, 1.807) is 0 Å². The molecular weight excluding hydrogens is 262 g/mol. The summed E-state index contributed by atoms with van der Waals surface area (Å²) in [6.45, 7) is 0.859. The molecule has 0 aromatic heterocycles. The number of hydrogen-bond acceptors (Lipinski definition) is 2. The van der Waals surface area contributed by atoms with E-state index in [0.29, 0.717) is 0 Å². The molecule has 1 aromatic carbocycles. The molecule has 3 aliphatic rings. The Hall–Kier alpha value is -1.51. The van der Waals surface area contributed by atoms with Gasteiger partial charge in [-0.2, -0.15) is 0 Å². The predicted molar refractivity (Wildman–Crippen MR) is 81.1 cm³/mol. The number of carbonyl (C=O) groups is 1. The largest absolute Gasteiger partial charge is 0.443 e. The first-order chi connectivity index (χ1) is 10.3. The first-order valence-corrected chi connectivity index (χ1v) is 8.35. The van der Waals surface area contributed by atoms with Crippen LogP contribution in [0.3, 0.4) is 0 Å². The van der Waals surface area contributed by atoms with E-state index in [1.807, 2.05) is 4.90 Å². The number of hydrogen-bond donors (Lipinski definition) is 0. The van der Waals surface area contributed by atoms with Crippen molar-refractivity contribution in [3.05, 3.63) is 35.4 Å². The summed E-state index contributed by atoms with van der Waals surface area (Å²) in [5.74, 6) is 0. The standard InChI is InChI=1S/C18H23NO2/c20-17-19(13-12-18(21-17)10-4-1-5-11-18)16-9-8-14-6-2-3-7-15(14)16/h2-3,6-7,16H,1,4-5,8-13H2. The Balaban J connectivity index is 1.52. The van der Waals surface area contributed by atoms with Crippen LogP contribution in [0.1, 0.15) is 62.1 Å². The van der Waals surface area contributed by atoms with Gasteiger partial charge in [-0.15, -0.1) is 0 Å². The zero-order valence-corrected chi connectivity index (χ0v) is 12.5. The minimum Gasteiger partial charge on any atom is -0.443 e. The summed E-state index contributed by atoms with van der Waals surface area (Å²) in [7, 11) is 0. The second kappa shape index (κ2) is 5.04. The normalized spacial score (nSPS) is 27.5. The molecule has 1 heterocycles. The maximum Gasteiger partial charge on any atom is 0.410 e. The average molecular weight is 285 g/mol. The van der Waals surface area contributed by atoms with Gasteiger partial charge in [0.25, 0.3) is 0 Å². The van der Waals surface area contributed by atoms with E-state index in [2.05, 4.69) is 24.3 Å². The highest BCUT2D eigenvalue weighted by Crippen LogP contribution is 2.42. The first-order valence-electron chi connectivity index (χ1n) is 8.35. The van der Waals surface area contributed by atoms with Crippen LogP contribution in [-0.2, 0) is 11.2 Å². The smallest absolute Gasteiger partial charge is 0.410 e. The van der Waals surface area contributed by atoms with Crippen molar-refractivity contribution >= 4 is 6.09 Å². The Morgan fingerprint density at radius 1 is 1.10 bits per heavy atom. The monoisotopic (exact) mass is 285 g/mol. The third-order valence-corrected chi connectivity index (χ3v) is 5.59. The number of fused-ring (bicyclic) bond motifs is 1. The second-order valence-corrected chi connectivity index (χ2v) is 6.81. The van der Waals surface area contributed by atoms with Gasteiger partial charge in [-0.3, -0.25) is 0 Å². The third-order valence-electron chi connectivity index (χ3n) is 5.59. The molecule has 3 heteroatoms. The number of amides is 1. The van der Waals surface area contributed by atoms with Crippen molar-refractivity contribution < 1.29 is 9.53 Å². The molecule has 2 aliphatic carbocycles. The lowest BCUT2D eigenvalue weighted by atomic mass is 9.81. The Morgan fingerprint density at radius 3 is 2.71 bits per heavy atom. The van der Waals surface area contributed by atoms with Crippen LogP contribution in [0.5, 0.6) is 0 Å². The summed E-state index contributed by atoms with van der Waals surface area (Å²) in [5.41, 5.74) is 2.59. The van der Waals surface area contributed by atoms with Crippen LogP contribution < -0.4 is 0 Å². The summed E-state index contributed by atoms with van der Waals surface area (Å²) >= 11 is 0. The number of nitrogens with zero attached hydrogens (tertiary/aromatic N) is 1. The molecule has 21 heavy (non-hydrogen) atoms. The van der Waals surface area contributed by atoms with Crippen molar-refractivity contribution in [3.63, 3.8) is 0 Å². The molecule has 0 radical (unpaired) electrons. The molecule has 1 unspecified atom stereocenters. The molecule has 2 fully saturated rings. The molecule has 1 saturated heterocycles. The molecule has 1 atom stereocenters. The zero-order chi connectivity index (χ0) is 14.3. The van der Waals surface area contributed by atoms with E-state index in [4.69, 9.17) is 4.74 Å². The third kappa shape index (κ3) is 2.23. The van der Waals surface area contributed by atoms with Crippen molar-refractivity contribution in [2.45, 2.75) is 63.0 Å². The molecule has 1 aliphatic heterocycles. The quantitative estimate of drug-likeness (QED) is 0.773. The summed E-state index contributed by atoms with van der Waals surface area (Å²) in [4.78, 5) is 14.5. The van der Waals surface area contributed by atoms with E-state index in [9.17, 15) is 4.79 Å². The molecule has 112 valence electrons. The molecular formula is C18H23NO2. The molecule has 4 rings (SSSR count). The number of carbonyl (C=O) groups excluding carboxylic acids is 1. The van der Waals surface area contributed by atoms with Crippen LogP contribution in [0.4, 0.5) is 4.79 Å². The number of aryl methyl sites for hydroxylation is 1. The molecule has 0 bridgehead atoms. The van der Waals surface area contributed by atoms with Gasteiger partial charge in [0.2, 0.25) is 0 Å². The van der Waals surface area contributed by atoms with Gasteiger partial charge in [0.05, 0.1) is 6.04 Å². The van der Waals surface area contributed by atoms with Crippen molar-refractivity contribution in [2.75, 3.05) is 6.54 Å². The van der Waals surface area contributed by atoms with Crippen LogP contribution in [-0.4, -0.2) is 23.1 Å². The minimum atomic E-state index is -0.135. The molecule has 1 amide bonds. The van der Waals surface area contributed by atoms with Crippen LogP contribution in [0.15, 0.2) is 24.3 Å². The average Bonchev–Trinajstić information content (AvgIpc) is 2.92. The highest BCUT2D eigenvalue weighted by molar-refractivity contribution is 5.70. The SMILES string of the molecule is O=C1OC2(CCCCC2)CCN1C1CCc2ccccc21. The Kier molecular flexibility index (Phi) is 3.16. The van der Waals surface area contributed by atoms with E-state index >= 15 is 0 Å². The van der Waals surface area contributed by atoms with Gasteiger partial charge >= 0.3 is 6.09 Å². The maximum atomic E-state index is 12.6. The Morgan fingerprint density at radius 2 is 1.90 bits per heavy atom. The Bertz CT molecular complexity index is 548. The fourth-order valence-electron chi connectivity index (χ4n) is 4.40. The van der Waals surface area contributed by atoms with Crippen molar-refractivity contribution in [3.8, 4) is 0 Å². The lowest BCUT2D eigenvalue weighted by Crippen LogP contribution is -2.51. The van der Waals surface area contributed by atoms with E-state index < -0.39 is 0 Å². The summed E-state index contributed by atoms with van der Waals surface area (Å²) in [6, 6.07) is 8.76. The van der Waals surface area contributed by atoms with Crippen LogP contribution in [0, 0.1) is 0 Å². The first kappa shape index (κ1) is 13.2. The lowest BCUT2D eigenvalue weighted by Gasteiger charge is -2.45. The maximum absolute atomic E-state index is 12.6. The summed E-state index contributed by atoms with van der Waals surface area (Å²) in [6.07, 6.45) is 8.89. The molecule has 0 N–H and O–H groups in total. The van der Waals surface area contributed by atoms with E-state index in [-0.39, 0.29) is 17.7 Å². The van der Waals surface area contributed by atoms with Crippen molar-refractivity contribution in [1.29, 1.82) is 0 Å². The molecule has 3 nitrogen and oxygen atoms in total. The van der Waals surface area contributed by atoms with Crippen LogP contribution in [0.25, 0.3) is 0 Å². The molecule has 1 aromatic rings. The number of rotatable bonds is 1. The van der Waals surface area contributed by atoms with Crippen LogP contribution in [0.2, 0.25) is 0 Å². The van der Waals surface area contributed by atoms with Gasteiger partial charge in [-0.1, -0.05) is 30.7 Å². The molecule has 1 spiro atoms. The van der Waals surface area contributed by atoms with Gasteiger partial charge in [0, 0.05) is 13.0 Å². The van der Waals surface area contributed by atoms with Gasteiger partial charge in [-0.25, -0.2) is 4.79 Å². The van der Waals surface area contributed by atoms with Gasteiger partial charge < -0.3 is 9.64 Å².